The van der Waals surface area contributed by atoms with Crippen LogP contribution in [0.4, 0.5) is 0 Å². The number of nitrogens with zero attached hydrogens (tertiary/aromatic N) is 1. The summed E-state index contributed by atoms with van der Waals surface area (Å²) in [7, 11) is 1.28. The van der Waals surface area contributed by atoms with Crippen LogP contribution >= 0.6 is 7.82 Å². The van der Waals surface area contributed by atoms with Gasteiger partial charge in [-0.1, -0.05) is 389 Å². The van der Waals surface area contributed by atoms with E-state index in [1.165, 1.54) is 308 Å². The smallest absolute Gasteiger partial charge is 0.268 e. The van der Waals surface area contributed by atoms with Gasteiger partial charge in [-0.3, -0.25) is 9.36 Å². The van der Waals surface area contributed by atoms with E-state index in [4.69, 9.17) is 9.05 Å². The molecule has 0 rings (SSSR count). The van der Waals surface area contributed by atoms with Gasteiger partial charge in [0, 0.05) is 6.42 Å². The normalized spacial score (nSPS) is 13.8. The molecule has 1 amide bonds. The van der Waals surface area contributed by atoms with Crippen LogP contribution in [-0.2, 0) is 18.4 Å². The minimum atomic E-state index is -4.61. The number of amides is 1. The number of allylic oxidation sites excluding steroid dienone is 9. The summed E-state index contributed by atoms with van der Waals surface area (Å²) in [6.45, 7) is 4.60. The number of hydrogen-bond donors (Lipinski definition) is 2. The summed E-state index contributed by atoms with van der Waals surface area (Å²) in [6, 6.07) is -0.889. The van der Waals surface area contributed by atoms with Crippen molar-refractivity contribution in [2.45, 2.75) is 405 Å². The van der Waals surface area contributed by atoms with Gasteiger partial charge in [0.15, 0.2) is 0 Å². The lowest BCUT2D eigenvalue weighted by Crippen LogP contribution is -2.45. The molecule has 0 aromatic carbocycles. The second kappa shape index (κ2) is 70.5. The molecule has 0 heterocycles. The van der Waals surface area contributed by atoms with Gasteiger partial charge in [-0.05, 0) is 57.8 Å². The van der Waals surface area contributed by atoms with Gasteiger partial charge in [0.05, 0.1) is 39.9 Å². The molecule has 0 spiro atoms. The Kier molecular flexibility index (Phi) is 69.1. The van der Waals surface area contributed by atoms with Crippen molar-refractivity contribution in [3.63, 3.8) is 0 Å². The highest BCUT2D eigenvalue weighted by atomic mass is 31.2. The Labute approximate surface area is 555 Å². The third-order valence-electron chi connectivity index (χ3n) is 18.0. The zero-order valence-corrected chi connectivity index (χ0v) is 61.0. The average molecular weight is 1270 g/mol. The maximum absolute atomic E-state index is 13.1. The molecule has 8 nitrogen and oxygen atoms in total. The molecular formula is C80H153N2O6P. The number of phosphoric acid groups is 1. The number of likely N-dealkylation sites (N-methyl/N-ethyl adjacent to an activating group) is 1. The van der Waals surface area contributed by atoms with E-state index in [-0.39, 0.29) is 19.1 Å². The first-order valence-electron chi connectivity index (χ1n) is 39.2. The highest BCUT2D eigenvalue weighted by Crippen LogP contribution is 2.38. The monoisotopic (exact) mass is 1270 g/mol. The fourth-order valence-corrected chi connectivity index (χ4v) is 12.7. The molecule has 524 valence electrons. The Morgan fingerprint density at radius 1 is 0.404 bits per heavy atom. The maximum Gasteiger partial charge on any atom is 0.268 e. The number of aliphatic hydroxyl groups is 1. The molecule has 89 heavy (non-hydrogen) atoms. The van der Waals surface area contributed by atoms with Crippen LogP contribution in [0.15, 0.2) is 60.8 Å². The van der Waals surface area contributed by atoms with E-state index < -0.39 is 20.0 Å². The van der Waals surface area contributed by atoms with E-state index in [9.17, 15) is 19.4 Å². The second-order valence-corrected chi connectivity index (χ2v) is 29.5. The van der Waals surface area contributed by atoms with Gasteiger partial charge in [0.25, 0.3) is 7.82 Å². The molecule has 3 unspecified atom stereocenters. The van der Waals surface area contributed by atoms with Gasteiger partial charge in [-0.2, -0.15) is 0 Å². The molecule has 0 aliphatic heterocycles. The molecule has 0 saturated carbocycles. The van der Waals surface area contributed by atoms with Crippen LogP contribution in [-0.4, -0.2) is 68.5 Å². The third kappa shape index (κ3) is 73.5. The first kappa shape index (κ1) is 87.2. The van der Waals surface area contributed by atoms with Crippen LogP contribution < -0.4 is 10.2 Å². The summed E-state index contributed by atoms with van der Waals surface area (Å²) in [6.07, 6.45) is 98.1. The summed E-state index contributed by atoms with van der Waals surface area (Å²) in [5.41, 5.74) is 0. The molecule has 3 atom stereocenters. The fourth-order valence-electron chi connectivity index (χ4n) is 12.0. The van der Waals surface area contributed by atoms with Crippen LogP contribution in [0.2, 0.25) is 0 Å². The lowest BCUT2D eigenvalue weighted by molar-refractivity contribution is -0.870. The van der Waals surface area contributed by atoms with Gasteiger partial charge in [-0.15, -0.1) is 0 Å². The Morgan fingerprint density at radius 3 is 1.00 bits per heavy atom. The van der Waals surface area contributed by atoms with E-state index in [1.807, 2.05) is 27.2 Å². The van der Waals surface area contributed by atoms with Crippen molar-refractivity contribution in [1.82, 2.24) is 5.32 Å². The van der Waals surface area contributed by atoms with Gasteiger partial charge >= 0.3 is 0 Å². The molecule has 0 radical (unpaired) electrons. The fraction of sp³-hybridized carbons (Fsp3) is 0.863. The van der Waals surface area contributed by atoms with Crippen LogP contribution in [0.3, 0.4) is 0 Å². The Bertz CT molecular complexity index is 1640. The van der Waals surface area contributed by atoms with E-state index >= 15 is 0 Å². The molecule has 0 aromatic heterocycles. The van der Waals surface area contributed by atoms with Crippen molar-refractivity contribution in [2.75, 3.05) is 40.9 Å². The van der Waals surface area contributed by atoms with Crippen molar-refractivity contribution in [3.05, 3.63) is 60.8 Å². The van der Waals surface area contributed by atoms with Crippen LogP contribution in [0.25, 0.3) is 0 Å². The zero-order valence-electron chi connectivity index (χ0n) is 60.2. The van der Waals surface area contributed by atoms with Crippen molar-refractivity contribution in [2.24, 2.45) is 0 Å². The molecule has 0 bridgehead atoms. The molecule has 0 aliphatic carbocycles. The van der Waals surface area contributed by atoms with Gasteiger partial charge in [0.1, 0.15) is 13.2 Å². The molecule has 9 heteroatoms. The number of nitrogens with one attached hydrogen (secondary N) is 1. The average Bonchev–Trinajstić information content (AvgIpc) is 3.64. The summed E-state index contributed by atoms with van der Waals surface area (Å²) < 4.78 is 23.5. The molecule has 0 aliphatic rings. The SMILES string of the molecule is CC/C=C\C/C=C\C/C=C\C/C=C\CCCCCCCCCCCCCCCCCCCCCCCCC(=O)NC(COP(=O)([O-])OCC[N+](C)(C)C)C(O)/C=C/CCCCCCCCCCCCCCCCCCCCCCCCCCCCCCCC. The lowest BCUT2D eigenvalue weighted by Gasteiger charge is -2.29. The summed E-state index contributed by atoms with van der Waals surface area (Å²) >= 11 is 0. The van der Waals surface area contributed by atoms with Gasteiger partial charge in [-0.25, -0.2) is 0 Å². The number of carbonyl (C=O) groups is 1. The van der Waals surface area contributed by atoms with Crippen LogP contribution in [0.1, 0.15) is 393 Å². The van der Waals surface area contributed by atoms with E-state index in [0.29, 0.717) is 17.4 Å². The van der Waals surface area contributed by atoms with Crippen LogP contribution in [0, 0.1) is 0 Å². The molecule has 0 aromatic rings. The first-order chi connectivity index (χ1) is 43.5. The number of carbonyl (C=O) groups excluding carboxylic acids is 1. The van der Waals surface area contributed by atoms with Gasteiger partial charge < -0.3 is 28.8 Å². The number of hydrogen-bond acceptors (Lipinski definition) is 6. The predicted molar refractivity (Wildman–Crippen MR) is 390 cm³/mol. The number of phosphoric ester groups is 1. The largest absolute Gasteiger partial charge is 0.756 e. The number of aliphatic hydroxyl groups excluding tert-OH is 1. The van der Waals surface area contributed by atoms with Crippen molar-refractivity contribution < 1.29 is 32.9 Å². The Hall–Kier alpha value is -1.80. The van der Waals surface area contributed by atoms with E-state index in [0.717, 1.165) is 64.2 Å². The van der Waals surface area contributed by atoms with Crippen LogP contribution in [0.5, 0.6) is 0 Å². The minimum absolute atomic E-state index is 0.000348. The Balaban J connectivity index is 3.97. The van der Waals surface area contributed by atoms with E-state index in [1.54, 1.807) is 6.08 Å². The molecule has 0 saturated heterocycles. The van der Waals surface area contributed by atoms with Crippen molar-refractivity contribution in [1.29, 1.82) is 0 Å². The molecule has 2 N–H and O–H groups in total. The summed E-state index contributed by atoms with van der Waals surface area (Å²) in [4.78, 5) is 25.7. The number of rotatable bonds is 73. The van der Waals surface area contributed by atoms with Crippen molar-refractivity contribution >= 4 is 13.7 Å². The standard InChI is InChI=1S/C80H153N2O6P/c1-6-8-10-12-14-16-18-20-22-24-26-28-30-32-34-36-38-40-41-42-44-46-48-50-52-54-56-58-60-62-64-66-68-70-72-74-80(84)81-78(77-88-89(85,86)87-76-75-82(3,4)5)79(83)73-71-69-67-65-63-61-59-57-55-53-51-49-47-45-43-39-37-35-33-31-29-27-25-23-21-19-17-15-13-11-9-7-2/h8,10,14,16,20,22,26,28,71,73,78-79,83H,6-7,9,11-13,15,17-19,21,23-25,27,29-70,72,74-77H2,1-5H3,(H-,81,84,85,86)/b10-8-,16-14-,22-20-,28-26-,73-71+. The Morgan fingerprint density at radius 2 is 0.685 bits per heavy atom. The summed E-state index contributed by atoms with van der Waals surface area (Å²) in [5, 5.41) is 14.0. The zero-order chi connectivity index (χ0) is 64.8. The van der Waals surface area contributed by atoms with E-state index in [2.05, 4.69) is 67.8 Å². The predicted octanol–water partition coefficient (Wildman–Crippen LogP) is 24.9. The lowest BCUT2D eigenvalue weighted by atomic mass is 10.0. The summed E-state index contributed by atoms with van der Waals surface area (Å²) in [5.74, 6) is -0.190. The molecular weight excluding hydrogens is 1120 g/mol. The minimum Gasteiger partial charge on any atom is -0.756 e. The highest BCUT2D eigenvalue weighted by molar-refractivity contribution is 7.45. The number of quaternary nitrogens is 1. The highest BCUT2D eigenvalue weighted by Gasteiger charge is 2.23. The molecule has 0 fully saturated rings. The topological polar surface area (TPSA) is 108 Å². The maximum atomic E-state index is 13.1. The van der Waals surface area contributed by atoms with Crippen molar-refractivity contribution in [3.8, 4) is 0 Å². The van der Waals surface area contributed by atoms with Gasteiger partial charge in [0.2, 0.25) is 5.91 Å². The number of unbranched alkanes of at least 4 members (excludes halogenated alkanes) is 52. The first-order valence-corrected chi connectivity index (χ1v) is 40.6. The quantitative estimate of drug-likeness (QED) is 0.0272. The third-order valence-corrected chi connectivity index (χ3v) is 18.9. The second-order valence-electron chi connectivity index (χ2n) is 28.0.